The molecule has 1 aromatic carbocycles. The van der Waals surface area contributed by atoms with E-state index in [1.807, 2.05) is 6.07 Å². The number of aliphatic hydroxyl groups excluding tert-OH is 1. The molecule has 0 atom stereocenters. The molecule has 0 radical (unpaired) electrons. The molecule has 2 heterocycles. The van der Waals surface area contributed by atoms with Gasteiger partial charge in [0, 0.05) is 32.7 Å². The lowest BCUT2D eigenvalue weighted by Gasteiger charge is -2.34. The van der Waals surface area contributed by atoms with Crippen molar-refractivity contribution in [1.29, 1.82) is 0 Å². The van der Waals surface area contributed by atoms with Crippen LogP contribution in [0.1, 0.15) is 0 Å². The van der Waals surface area contributed by atoms with E-state index in [1.165, 1.54) is 4.57 Å². The molecule has 1 saturated heterocycles. The maximum atomic E-state index is 12.5. The van der Waals surface area contributed by atoms with Gasteiger partial charge in [-0.05, 0) is 12.1 Å². The van der Waals surface area contributed by atoms with Crippen molar-refractivity contribution < 1.29 is 9.90 Å². The second kappa shape index (κ2) is 7.00. The van der Waals surface area contributed by atoms with Crippen LogP contribution >= 0.6 is 22.9 Å². The average Bonchev–Trinajstić information content (AvgIpc) is 2.86. The first kappa shape index (κ1) is 16.4. The number of β-amino-alcohol motifs (C(OH)–C–C–N with tert-alkyl or cyclic N) is 1. The van der Waals surface area contributed by atoms with Crippen LogP contribution in [0.4, 0.5) is 0 Å². The topological polar surface area (TPSA) is 65.8 Å². The minimum atomic E-state index is -0.166. The van der Waals surface area contributed by atoms with Crippen molar-refractivity contribution in [3.8, 4) is 0 Å². The van der Waals surface area contributed by atoms with E-state index in [0.29, 0.717) is 30.2 Å². The van der Waals surface area contributed by atoms with Crippen molar-refractivity contribution in [1.82, 2.24) is 14.4 Å². The highest BCUT2D eigenvalue weighted by atomic mass is 35.5. The molecule has 6 nitrogen and oxygen atoms in total. The molecule has 1 amide bonds. The summed E-state index contributed by atoms with van der Waals surface area (Å²) in [4.78, 5) is 28.4. The van der Waals surface area contributed by atoms with Crippen LogP contribution in [-0.2, 0) is 11.3 Å². The number of nitrogens with zero attached hydrogens (tertiary/aromatic N) is 3. The van der Waals surface area contributed by atoms with E-state index in [0.717, 1.165) is 29.1 Å². The Bertz CT molecular complexity index is 765. The second-order valence-electron chi connectivity index (χ2n) is 5.49. The normalized spacial score (nSPS) is 16.2. The lowest BCUT2D eigenvalue weighted by molar-refractivity contribution is -0.133. The zero-order valence-electron chi connectivity index (χ0n) is 12.6. The summed E-state index contributed by atoms with van der Waals surface area (Å²) in [7, 11) is 0. The number of fused-ring (bicyclic) bond motifs is 1. The Labute approximate surface area is 142 Å². The van der Waals surface area contributed by atoms with Gasteiger partial charge in [-0.15, -0.1) is 0 Å². The average molecular weight is 356 g/mol. The zero-order chi connectivity index (χ0) is 16.4. The third-order valence-electron chi connectivity index (χ3n) is 4.08. The van der Waals surface area contributed by atoms with Gasteiger partial charge in [-0.2, -0.15) is 0 Å². The molecule has 0 spiro atoms. The summed E-state index contributed by atoms with van der Waals surface area (Å²) in [6, 6.07) is 5.34. The van der Waals surface area contributed by atoms with E-state index < -0.39 is 0 Å². The quantitative estimate of drug-likeness (QED) is 0.883. The van der Waals surface area contributed by atoms with Crippen LogP contribution < -0.4 is 4.87 Å². The smallest absolute Gasteiger partial charge is 0.308 e. The van der Waals surface area contributed by atoms with Gasteiger partial charge in [0.25, 0.3) is 0 Å². The maximum absolute atomic E-state index is 12.5. The number of benzene rings is 1. The van der Waals surface area contributed by atoms with E-state index in [4.69, 9.17) is 16.7 Å². The Morgan fingerprint density at radius 3 is 2.70 bits per heavy atom. The lowest BCUT2D eigenvalue weighted by atomic mass is 10.3. The molecule has 0 bridgehead atoms. The van der Waals surface area contributed by atoms with Crippen molar-refractivity contribution in [3.63, 3.8) is 0 Å². The van der Waals surface area contributed by atoms with Crippen LogP contribution in [0.15, 0.2) is 23.0 Å². The fourth-order valence-electron chi connectivity index (χ4n) is 2.80. The minimum Gasteiger partial charge on any atom is -0.395 e. The number of aromatic nitrogens is 1. The lowest BCUT2D eigenvalue weighted by Crippen LogP contribution is -2.50. The van der Waals surface area contributed by atoms with E-state index in [9.17, 15) is 9.59 Å². The van der Waals surface area contributed by atoms with Gasteiger partial charge in [-0.25, -0.2) is 0 Å². The van der Waals surface area contributed by atoms with Crippen LogP contribution in [0.2, 0.25) is 5.02 Å². The molecule has 1 aliphatic rings. The number of amides is 1. The number of hydrogen-bond donors (Lipinski definition) is 1. The zero-order valence-corrected chi connectivity index (χ0v) is 14.1. The van der Waals surface area contributed by atoms with E-state index in [1.54, 1.807) is 17.0 Å². The van der Waals surface area contributed by atoms with Gasteiger partial charge < -0.3 is 10.0 Å². The number of thiazole rings is 1. The number of carbonyl (C=O) groups excluding carboxylic acids is 1. The predicted molar refractivity (Wildman–Crippen MR) is 91.2 cm³/mol. The first-order valence-electron chi connectivity index (χ1n) is 7.49. The van der Waals surface area contributed by atoms with Crippen molar-refractivity contribution in [2.45, 2.75) is 6.54 Å². The summed E-state index contributed by atoms with van der Waals surface area (Å²) in [6.07, 6.45) is 0. The number of halogens is 1. The van der Waals surface area contributed by atoms with Gasteiger partial charge in [-0.1, -0.05) is 29.0 Å². The number of rotatable bonds is 4. The standard InChI is InChI=1S/C15H18ClN3O3S/c16-11-2-1-3-12-14(11)23-15(22)19(12)10-13(21)18-6-4-17(5-7-18)8-9-20/h1-3,20H,4-10H2. The van der Waals surface area contributed by atoms with Crippen molar-refractivity contribution in [2.75, 3.05) is 39.3 Å². The molecule has 1 aliphatic heterocycles. The molecule has 8 heteroatoms. The Kier molecular flexibility index (Phi) is 5.01. The van der Waals surface area contributed by atoms with Crippen LogP contribution in [-0.4, -0.2) is 64.7 Å². The summed E-state index contributed by atoms with van der Waals surface area (Å²) in [5, 5.41) is 9.48. The van der Waals surface area contributed by atoms with Gasteiger partial charge in [0.1, 0.15) is 6.54 Å². The summed E-state index contributed by atoms with van der Waals surface area (Å²) in [5.41, 5.74) is 0.708. The maximum Gasteiger partial charge on any atom is 0.308 e. The molecule has 1 N–H and O–H groups in total. The number of aliphatic hydroxyl groups is 1. The van der Waals surface area contributed by atoms with Gasteiger partial charge in [0.2, 0.25) is 5.91 Å². The van der Waals surface area contributed by atoms with Crippen LogP contribution in [0.3, 0.4) is 0 Å². The van der Waals surface area contributed by atoms with Crippen molar-refractivity contribution >= 4 is 39.1 Å². The monoisotopic (exact) mass is 355 g/mol. The Balaban J connectivity index is 1.73. The van der Waals surface area contributed by atoms with Crippen molar-refractivity contribution in [3.05, 3.63) is 32.9 Å². The molecular formula is C15H18ClN3O3S. The van der Waals surface area contributed by atoms with Crippen LogP contribution in [0, 0.1) is 0 Å². The van der Waals surface area contributed by atoms with Crippen LogP contribution in [0.5, 0.6) is 0 Å². The van der Waals surface area contributed by atoms with Gasteiger partial charge in [0.15, 0.2) is 0 Å². The molecule has 1 aromatic heterocycles. The number of hydrogen-bond acceptors (Lipinski definition) is 5. The minimum absolute atomic E-state index is 0.0408. The van der Waals surface area contributed by atoms with Crippen molar-refractivity contribution in [2.24, 2.45) is 0 Å². The van der Waals surface area contributed by atoms with E-state index in [-0.39, 0.29) is 23.9 Å². The molecule has 0 aliphatic carbocycles. The molecule has 0 unspecified atom stereocenters. The SMILES string of the molecule is O=C(Cn1c(=O)sc2c(Cl)cccc21)N1CCN(CCO)CC1. The summed E-state index contributed by atoms with van der Waals surface area (Å²) < 4.78 is 2.22. The molecule has 23 heavy (non-hydrogen) atoms. The van der Waals surface area contributed by atoms with Gasteiger partial charge in [0.05, 0.1) is 21.8 Å². The second-order valence-corrected chi connectivity index (χ2v) is 6.86. The first-order chi connectivity index (χ1) is 11.1. The fraction of sp³-hybridized carbons (Fsp3) is 0.467. The summed E-state index contributed by atoms with van der Waals surface area (Å²) in [6.45, 7) is 3.54. The summed E-state index contributed by atoms with van der Waals surface area (Å²) >= 11 is 7.18. The number of carbonyl (C=O) groups is 1. The molecule has 0 saturated carbocycles. The molecular weight excluding hydrogens is 338 g/mol. The Hall–Kier alpha value is -1.41. The van der Waals surface area contributed by atoms with Gasteiger partial charge in [-0.3, -0.25) is 19.1 Å². The largest absolute Gasteiger partial charge is 0.395 e. The molecule has 1 fully saturated rings. The third kappa shape index (κ3) is 3.42. The highest BCUT2D eigenvalue weighted by Gasteiger charge is 2.22. The Morgan fingerprint density at radius 2 is 2.00 bits per heavy atom. The highest BCUT2D eigenvalue weighted by molar-refractivity contribution is 7.17. The van der Waals surface area contributed by atoms with E-state index in [2.05, 4.69) is 4.90 Å². The molecule has 2 aromatic rings. The predicted octanol–water partition coefficient (Wildman–Crippen LogP) is 0.853. The fourth-order valence-corrected chi connectivity index (χ4v) is 3.98. The molecule has 124 valence electrons. The third-order valence-corrected chi connectivity index (χ3v) is 5.54. The number of piperazine rings is 1. The Morgan fingerprint density at radius 1 is 1.26 bits per heavy atom. The van der Waals surface area contributed by atoms with E-state index >= 15 is 0 Å². The highest BCUT2D eigenvalue weighted by Crippen LogP contribution is 2.25. The van der Waals surface area contributed by atoms with Gasteiger partial charge >= 0.3 is 4.87 Å². The first-order valence-corrected chi connectivity index (χ1v) is 8.68. The molecule has 3 rings (SSSR count). The summed E-state index contributed by atoms with van der Waals surface area (Å²) in [5.74, 6) is -0.0598. The van der Waals surface area contributed by atoms with Crippen LogP contribution in [0.25, 0.3) is 10.2 Å².